The fourth-order valence-corrected chi connectivity index (χ4v) is 6.64. The summed E-state index contributed by atoms with van der Waals surface area (Å²) < 4.78 is 0. The maximum Gasteiger partial charge on any atom is 0.0619 e. The smallest absolute Gasteiger partial charge is 0.0619 e. The molecule has 0 heterocycles. The van der Waals surface area contributed by atoms with E-state index in [2.05, 4.69) is 193 Å². The van der Waals surface area contributed by atoms with Crippen LogP contribution >= 0.6 is 0 Å². The van der Waals surface area contributed by atoms with E-state index in [1.165, 1.54) is 54.6 Å². The summed E-state index contributed by atoms with van der Waals surface area (Å²) in [5.74, 6) is 0. The molecule has 0 bridgehead atoms. The summed E-state index contributed by atoms with van der Waals surface area (Å²) >= 11 is 0. The molecule has 0 amide bonds. The van der Waals surface area contributed by atoms with Crippen molar-refractivity contribution in [2.45, 2.75) is 0 Å². The summed E-state index contributed by atoms with van der Waals surface area (Å²) in [4.78, 5) is 2.42. The van der Waals surface area contributed by atoms with Crippen molar-refractivity contribution in [3.63, 3.8) is 0 Å². The van der Waals surface area contributed by atoms with E-state index < -0.39 is 0 Å². The molecule has 212 valence electrons. The lowest BCUT2D eigenvalue weighted by Gasteiger charge is -2.30. The zero-order valence-corrected chi connectivity index (χ0v) is 24.8. The molecule has 0 fully saturated rings. The van der Waals surface area contributed by atoms with Crippen molar-refractivity contribution < 1.29 is 0 Å². The number of para-hydroxylation sites is 2. The van der Waals surface area contributed by atoms with Gasteiger partial charge in [0.05, 0.1) is 5.69 Å². The van der Waals surface area contributed by atoms with Crippen molar-refractivity contribution in [3.8, 4) is 0 Å². The minimum absolute atomic E-state index is 1.12. The van der Waals surface area contributed by atoms with Crippen LogP contribution in [0, 0.1) is 0 Å². The molecule has 1 heteroatoms. The number of hydrogen-bond acceptors (Lipinski definition) is 1. The zero-order chi connectivity index (χ0) is 30.0. The maximum atomic E-state index is 2.43. The van der Waals surface area contributed by atoms with Gasteiger partial charge in [0.1, 0.15) is 0 Å². The summed E-state index contributed by atoms with van der Waals surface area (Å²) in [6.45, 7) is 0. The third-order valence-electron chi connectivity index (χ3n) is 8.65. The monoisotopic (exact) mass is 573 g/mol. The topological polar surface area (TPSA) is 3.24 Å². The van der Waals surface area contributed by atoms with E-state index in [1.807, 2.05) is 0 Å². The molecule has 8 aromatic carbocycles. The van der Waals surface area contributed by atoms with Crippen molar-refractivity contribution in [2.75, 3.05) is 4.90 Å². The molecule has 0 saturated carbocycles. The maximum absolute atomic E-state index is 2.43. The number of hydrogen-bond donors (Lipinski definition) is 0. The average Bonchev–Trinajstić information content (AvgIpc) is 3.12. The molecule has 0 radical (unpaired) electrons. The number of nitrogens with zero attached hydrogens (tertiary/aromatic N) is 1. The normalized spacial score (nSPS) is 11.7. The Morgan fingerprint density at radius 2 is 0.844 bits per heavy atom. The number of fused-ring (bicyclic) bond motifs is 4. The molecule has 0 aliphatic carbocycles. The van der Waals surface area contributed by atoms with Gasteiger partial charge in [-0.2, -0.15) is 0 Å². The quantitative estimate of drug-likeness (QED) is 0.141. The fourth-order valence-electron chi connectivity index (χ4n) is 6.64. The highest BCUT2D eigenvalue weighted by Gasteiger charge is 2.22. The van der Waals surface area contributed by atoms with Gasteiger partial charge in [-0.1, -0.05) is 158 Å². The van der Waals surface area contributed by atoms with Crippen LogP contribution in [0.2, 0.25) is 0 Å². The van der Waals surface area contributed by atoms with Crippen LogP contribution in [0.3, 0.4) is 0 Å². The van der Waals surface area contributed by atoms with Crippen molar-refractivity contribution in [3.05, 3.63) is 199 Å². The van der Waals surface area contributed by atoms with Crippen LogP contribution in [0.1, 0.15) is 16.7 Å². The Labute approximate surface area is 264 Å². The molecular formula is C44H31N. The van der Waals surface area contributed by atoms with Crippen molar-refractivity contribution in [1.29, 1.82) is 0 Å². The molecule has 8 aromatic rings. The molecule has 0 aliphatic rings. The van der Waals surface area contributed by atoms with Gasteiger partial charge >= 0.3 is 0 Å². The second kappa shape index (κ2) is 11.6. The fraction of sp³-hybridized carbons (Fsp3) is 0. The van der Waals surface area contributed by atoms with E-state index in [0.29, 0.717) is 0 Å². The van der Waals surface area contributed by atoms with Gasteiger partial charge in [-0.05, 0) is 74.0 Å². The first kappa shape index (κ1) is 26.7. The number of anilines is 3. The van der Waals surface area contributed by atoms with E-state index in [9.17, 15) is 0 Å². The van der Waals surface area contributed by atoms with Crippen LogP contribution < -0.4 is 4.90 Å². The number of benzene rings is 8. The number of rotatable bonds is 6. The third kappa shape index (κ3) is 4.85. The Hall–Kier alpha value is -5.92. The highest BCUT2D eigenvalue weighted by atomic mass is 15.1. The standard InChI is InChI=1S/C44H31N/c1-4-17-33(18-5-1)42(37-30-16-20-32-19-10-11-25-36(32)37)31-43-40-28-13-12-26-38(40)39-27-14-15-29-41(39)44(43)45(34-21-6-2-7-22-34)35-23-8-3-9-24-35/h1-31H/b42-31-. The highest BCUT2D eigenvalue weighted by Crippen LogP contribution is 2.47. The summed E-state index contributed by atoms with van der Waals surface area (Å²) in [7, 11) is 0. The SMILES string of the molecule is C(=C(\c1ccccc1)c1cccc2ccccc12)/c1c(N(c2ccccc2)c2ccccc2)c2ccccc2c2ccccc12. The van der Waals surface area contributed by atoms with Crippen molar-refractivity contribution in [1.82, 2.24) is 0 Å². The molecule has 0 unspecified atom stereocenters. The molecule has 0 spiro atoms. The van der Waals surface area contributed by atoms with Gasteiger partial charge in [0.25, 0.3) is 0 Å². The summed E-state index contributed by atoms with van der Waals surface area (Å²) in [6.07, 6.45) is 2.43. The van der Waals surface area contributed by atoms with Crippen LogP contribution in [0.5, 0.6) is 0 Å². The Bertz CT molecular complexity index is 2260. The minimum atomic E-state index is 1.12. The summed E-state index contributed by atoms with van der Waals surface area (Å²) in [5.41, 5.74) is 8.17. The first-order chi connectivity index (χ1) is 22.4. The lowest BCUT2D eigenvalue weighted by molar-refractivity contribution is 1.30. The van der Waals surface area contributed by atoms with Gasteiger partial charge < -0.3 is 4.90 Å². The predicted molar refractivity (Wildman–Crippen MR) is 193 cm³/mol. The molecule has 0 saturated heterocycles. The molecule has 0 N–H and O–H groups in total. The summed E-state index contributed by atoms with van der Waals surface area (Å²) in [5, 5.41) is 7.38. The van der Waals surface area contributed by atoms with Crippen LogP contribution in [-0.4, -0.2) is 0 Å². The van der Waals surface area contributed by atoms with Gasteiger partial charge in [0.2, 0.25) is 0 Å². The molecule has 0 aliphatic heterocycles. The lowest BCUT2D eigenvalue weighted by Crippen LogP contribution is -2.12. The van der Waals surface area contributed by atoms with Crippen molar-refractivity contribution in [2.24, 2.45) is 0 Å². The highest BCUT2D eigenvalue weighted by molar-refractivity contribution is 6.20. The van der Waals surface area contributed by atoms with Gasteiger partial charge in [-0.3, -0.25) is 0 Å². The molecule has 8 rings (SSSR count). The first-order valence-electron chi connectivity index (χ1n) is 15.5. The molecule has 1 nitrogen and oxygen atoms in total. The zero-order valence-electron chi connectivity index (χ0n) is 24.8. The van der Waals surface area contributed by atoms with Crippen molar-refractivity contribution >= 4 is 61.0 Å². The van der Waals surface area contributed by atoms with E-state index in [0.717, 1.165) is 17.1 Å². The molecular weight excluding hydrogens is 542 g/mol. The first-order valence-corrected chi connectivity index (χ1v) is 15.5. The largest absolute Gasteiger partial charge is 0.309 e. The Kier molecular flexibility index (Phi) is 6.90. The third-order valence-corrected chi connectivity index (χ3v) is 8.65. The van der Waals surface area contributed by atoms with Gasteiger partial charge in [0.15, 0.2) is 0 Å². The van der Waals surface area contributed by atoms with Gasteiger partial charge in [-0.15, -0.1) is 0 Å². The van der Waals surface area contributed by atoms with Crippen LogP contribution in [0.25, 0.3) is 44.0 Å². The Morgan fingerprint density at radius 3 is 1.49 bits per heavy atom. The molecule has 0 aromatic heterocycles. The van der Waals surface area contributed by atoms with Crippen LogP contribution in [0.4, 0.5) is 17.1 Å². The second-order valence-corrected chi connectivity index (χ2v) is 11.3. The minimum Gasteiger partial charge on any atom is -0.309 e. The van der Waals surface area contributed by atoms with Crippen LogP contribution in [0.15, 0.2) is 182 Å². The predicted octanol–water partition coefficient (Wildman–Crippen LogP) is 12.2. The average molecular weight is 574 g/mol. The lowest BCUT2D eigenvalue weighted by atomic mass is 9.88. The Balaban J connectivity index is 1.55. The van der Waals surface area contributed by atoms with Gasteiger partial charge in [-0.25, -0.2) is 0 Å². The summed E-state index contributed by atoms with van der Waals surface area (Å²) in [6, 6.07) is 65.3. The Morgan fingerprint density at radius 1 is 0.378 bits per heavy atom. The molecule has 0 atom stereocenters. The van der Waals surface area contributed by atoms with E-state index in [-0.39, 0.29) is 0 Å². The molecule has 45 heavy (non-hydrogen) atoms. The van der Waals surface area contributed by atoms with E-state index in [1.54, 1.807) is 0 Å². The van der Waals surface area contributed by atoms with E-state index in [4.69, 9.17) is 0 Å². The van der Waals surface area contributed by atoms with Crippen LogP contribution in [-0.2, 0) is 0 Å². The van der Waals surface area contributed by atoms with Gasteiger partial charge in [0, 0.05) is 22.3 Å². The second-order valence-electron chi connectivity index (χ2n) is 11.3. The van der Waals surface area contributed by atoms with E-state index >= 15 is 0 Å².